The van der Waals surface area contributed by atoms with Crippen molar-refractivity contribution in [2.45, 2.75) is 44.6 Å². The molecule has 1 aliphatic carbocycles. The zero-order chi connectivity index (χ0) is 18.6. The lowest BCUT2D eigenvalue weighted by molar-refractivity contribution is -0.151. The number of carbonyl (C=O) groups is 2. The summed E-state index contributed by atoms with van der Waals surface area (Å²) >= 11 is 0. The molecule has 1 atom stereocenters. The number of hydrogen-bond acceptors (Lipinski definition) is 3. The number of hydrogen-bond donors (Lipinski definition) is 1. The predicted octanol–water partition coefficient (Wildman–Crippen LogP) is 3.84. The molecule has 2 aromatic rings. The van der Waals surface area contributed by atoms with Crippen molar-refractivity contribution in [1.29, 1.82) is 0 Å². The Labute approximate surface area is 154 Å². The molecule has 1 saturated carbocycles. The van der Waals surface area contributed by atoms with Gasteiger partial charge in [0.25, 0.3) is 5.91 Å². The van der Waals surface area contributed by atoms with Crippen molar-refractivity contribution < 1.29 is 14.3 Å². The fourth-order valence-corrected chi connectivity index (χ4v) is 3.22. The molecule has 0 unspecified atom stereocenters. The molecule has 2 aromatic carbocycles. The third-order valence-corrected chi connectivity index (χ3v) is 5.02. The molecule has 0 bridgehead atoms. The van der Waals surface area contributed by atoms with Gasteiger partial charge in [0.1, 0.15) is 0 Å². The number of rotatable bonds is 7. The Balaban J connectivity index is 1.55. The zero-order valence-electron chi connectivity index (χ0n) is 15.3. The van der Waals surface area contributed by atoms with Gasteiger partial charge >= 0.3 is 5.97 Å². The lowest BCUT2D eigenvalue weighted by Gasteiger charge is -2.19. The second-order valence-electron chi connectivity index (χ2n) is 6.96. The zero-order valence-corrected chi connectivity index (χ0v) is 15.3. The van der Waals surface area contributed by atoms with Crippen LogP contribution >= 0.6 is 0 Å². The maximum absolute atomic E-state index is 12.5. The lowest BCUT2D eigenvalue weighted by atomic mass is 9.96. The van der Waals surface area contributed by atoms with Crippen molar-refractivity contribution in [2.24, 2.45) is 0 Å². The number of amides is 1. The summed E-state index contributed by atoms with van der Waals surface area (Å²) in [6.45, 7) is 3.81. The van der Waals surface area contributed by atoms with Crippen LogP contribution in [0.5, 0.6) is 0 Å². The molecule has 0 saturated heterocycles. The Hall–Kier alpha value is -2.62. The molecule has 0 aromatic heterocycles. The highest BCUT2D eigenvalue weighted by molar-refractivity contribution is 5.89. The number of ether oxygens (including phenoxy) is 1. The smallest absolute Gasteiger partial charge is 0.317 e. The number of esters is 1. The highest BCUT2D eigenvalue weighted by Crippen LogP contribution is 2.49. The molecule has 3 rings (SSSR count). The van der Waals surface area contributed by atoms with Crippen LogP contribution in [0.2, 0.25) is 0 Å². The molecule has 26 heavy (non-hydrogen) atoms. The summed E-state index contributed by atoms with van der Waals surface area (Å²) < 4.78 is 5.33. The van der Waals surface area contributed by atoms with E-state index in [9.17, 15) is 9.59 Å². The first-order valence-electron chi connectivity index (χ1n) is 9.14. The van der Waals surface area contributed by atoms with E-state index in [1.54, 1.807) is 0 Å². The molecule has 4 heteroatoms. The lowest BCUT2D eigenvalue weighted by Crippen LogP contribution is -2.34. The Bertz CT molecular complexity index is 764. The Kier molecular flexibility index (Phi) is 5.40. The second kappa shape index (κ2) is 7.73. The second-order valence-corrected chi connectivity index (χ2v) is 6.96. The van der Waals surface area contributed by atoms with E-state index in [2.05, 4.69) is 5.32 Å². The number of benzene rings is 2. The van der Waals surface area contributed by atoms with Gasteiger partial charge < -0.3 is 10.1 Å². The van der Waals surface area contributed by atoms with Crippen molar-refractivity contribution in [3.8, 4) is 0 Å². The summed E-state index contributed by atoms with van der Waals surface area (Å²) in [5, 5.41) is 2.95. The first kappa shape index (κ1) is 18.2. The van der Waals surface area contributed by atoms with E-state index in [0.717, 1.165) is 30.4 Å². The van der Waals surface area contributed by atoms with Gasteiger partial charge in [-0.05, 0) is 37.3 Å². The molecule has 1 aliphatic rings. The van der Waals surface area contributed by atoms with Crippen molar-refractivity contribution in [3.05, 3.63) is 71.3 Å². The Morgan fingerprint density at radius 3 is 2.31 bits per heavy atom. The Morgan fingerprint density at radius 1 is 1.08 bits per heavy atom. The molecule has 136 valence electrons. The minimum atomic E-state index is -0.553. The average molecular weight is 351 g/mol. The normalized spacial score (nSPS) is 15.8. The van der Waals surface area contributed by atoms with Gasteiger partial charge in [0.05, 0.1) is 11.5 Å². The molecule has 1 amide bonds. The summed E-state index contributed by atoms with van der Waals surface area (Å²) in [6.07, 6.45) is 2.33. The maximum Gasteiger partial charge on any atom is 0.317 e. The SMILES string of the molecule is CC[C@@H](NC(=O)COC(=O)C1(c2ccccc2)CC1)c1ccc(C)cc1. The molecule has 1 N–H and O–H groups in total. The van der Waals surface area contributed by atoms with Crippen LogP contribution in [0.3, 0.4) is 0 Å². The van der Waals surface area contributed by atoms with Crippen LogP contribution in [-0.4, -0.2) is 18.5 Å². The van der Waals surface area contributed by atoms with Crippen LogP contribution in [0.4, 0.5) is 0 Å². The molecule has 0 heterocycles. The number of aryl methyl sites for hydroxylation is 1. The van der Waals surface area contributed by atoms with E-state index in [0.29, 0.717) is 0 Å². The van der Waals surface area contributed by atoms with E-state index in [1.807, 2.05) is 68.4 Å². The largest absolute Gasteiger partial charge is 0.455 e. The van der Waals surface area contributed by atoms with E-state index in [-0.39, 0.29) is 24.5 Å². The van der Waals surface area contributed by atoms with E-state index in [4.69, 9.17) is 4.74 Å². The maximum atomic E-state index is 12.5. The molecule has 0 radical (unpaired) electrons. The summed E-state index contributed by atoms with van der Waals surface area (Å²) in [6, 6.07) is 17.7. The molecular formula is C22H25NO3. The fourth-order valence-electron chi connectivity index (χ4n) is 3.22. The molecular weight excluding hydrogens is 326 g/mol. The summed E-state index contributed by atoms with van der Waals surface area (Å²) in [4.78, 5) is 24.7. The summed E-state index contributed by atoms with van der Waals surface area (Å²) in [5.41, 5.74) is 2.65. The summed E-state index contributed by atoms with van der Waals surface area (Å²) in [7, 11) is 0. The standard InChI is InChI=1S/C22H25NO3/c1-3-19(17-11-9-16(2)10-12-17)23-20(24)15-26-21(25)22(13-14-22)18-7-5-4-6-8-18/h4-12,19H,3,13-15H2,1-2H3,(H,23,24)/t19-/m1/s1. The van der Waals surface area contributed by atoms with E-state index >= 15 is 0 Å². The monoisotopic (exact) mass is 351 g/mol. The molecule has 1 fully saturated rings. The van der Waals surface area contributed by atoms with Gasteiger partial charge in [-0.1, -0.05) is 67.1 Å². The minimum absolute atomic E-state index is 0.0780. The third kappa shape index (κ3) is 3.96. The van der Waals surface area contributed by atoms with Gasteiger partial charge in [-0.15, -0.1) is 0 Å². The van der Waals surface area contributed by atoms with Gasteiger partial charge in [0.15, 0.2) is 6.61 Å². The van der Waals surface area contributed by atoms with Gasteiger partial charge in [0, 0.05) is 0 Å². The van der Waals surface area contributed by atoms with Crippen LogP contribution in [-0.2, 0) is 19.7 Å². The first-order chi connectivity index (χ1) is 12.5. The summed E-state index contributed by atoms with van der Waals surface area (Å²) in [5.74, 6) is -0.572. The minimum Gasteiger partial charge on any atom is -0.455 e. The van der Waals surface area contributed by atoms with Gasteiger partial charge in [-0.3, -0.25) is 9.59 Å². The van der Waals surface area contributed by atoms with Gasteiger partial charge in [-0.25, -0.2) is 0 Å². The van der Waals surface area contributed by atoms with Crippen molar-refractivity contribution in [1.82, 2.24) is 5.32 Å². The quantitative estimate of drug-likeness (QED) is 0.771. The van der Waals surface area contributed by atoms with Crippen molar-refractivity contribution in [2.75, 3.05) is 6.61 Å². The van der Waals surface area contributed by atoms with Gasteiger partial charge in [-0.2, -0.15) is 0 Å². The predicted molar refractivity (Wildman–Crippen MR) is 101 cm³/mol. The highest BCUT2D eigenvalue weighted by atomic mass is 16.5. The van der Waals surface area contributed by atoms with E-state index in [1.165, 1.54) is 5.56 Å². The topological polar surface area (TPSA) is 55.4 Å². The third-order valence-electron chi connectivity index (χ3n) is 5.02. The van der Waals surface area contributed by atoms with Crippen molar-refractivity contribution >= 4 is 11.9 Å². The number of carbonyl (C=O) groups excluding carboxylic acids is 2. The first-order valence-corrected chi connectivity index (χ1v) is 9.14. The molecule has 0 spiro atoms. The van der Waals surface area contributed by atoms with Crippen molar-refractivity contribution in [3.63, 3.8) is 0 Å². The number of nitrogens with one attached hydrogen (secondary N) is 1. The Morgan fingerprint density at radius 2 is 1.73 bits per heavy atom. The highest BCUT2D eigenvalue weighted by Gasteiger charge is 2.52. The van der Waals surface area contributed by atoms with Crippen LogP contribution in [0.15, 0.2) is 54.6 Å². The molecule has 0 aliphatic heterocycles. The van der Waals surface area contributed by atoms with Crippen LogP contribution in [0.25, 0.3) is 0 Å². The molecule has 4 nitrogen and oxygen atoms in total. The van der Waals surface area contributed by atoms with Crippen LogP contribution in [0, 0.1) is 6.92 Å². The van der Waals surface area contributed by atoms with E-state index < -0.39 is 5.41 Å². The fraction of sp³-hybridized carbons (Fsp3) is 0.364. The average Bonchev–Trinajstić information content (AvgIpc) is 3.48. The van der Waals surface area contributed by atoms with Crippen LogP contribution in [0.1, 0.15) is 48.9 Å². The van der Waals surface area contributed by atoms with Crippen LogP contribution < -0.4 is 5.32 Å². The van der Waals surface area contributed by atoms with Gasteiger partial charge in [0.2, 0.25) is 0 Å².